The van der Waals surface area contributed by atoms with E-state index >= 15 is 0 Å². The summed E-state index contributed by atoms with van der Waals surface area (Å²) in [4.78, 5) is 17.1. The number of thiazole rings is 1. The highest BCUT2D eigenvalue weighted by molar-refractivity contribution is 7.19. The fourth-order valence-electron chi connectivity index (χ4n) is 1.88. The normalized spacial score (nSPS) is 10.3. The molecule has 0 spiro atoms. The Balaban J connectivity index is 1.79. The van der Waals surface area contributed by atoms with Gasteiger partial charge >= 0.3 is 0 Å². The molecule has 0 aliphatic heterocycles. The molecule has 1 aromatic heterocycles. The molecule has 1 N–H and O–H groups in total. The fourth-order valence-corrected chi connectivity index (χ4v) is 2.69. The molecule has 0 radical (unpaired) electrons. The number of nitrogens with zero attached hydrogens (tertiary/aromatic N) is 1. The van der Waals surface area contributed by atoms with Gasteiger partial charge in [0.1, 0.15) is 5.82 Å². The first-order chi connectivity index (χ1) is 10.2. The zero-order chi connectivity index (χ0) is 14.7. The number of benzene rings is 2. The SMILES string of the molecule is O=C(Nc1ncc(-c2ccccc2)s1)c1ccccc1F. The van der Waals surface area contributed by atoms with Crippen molar-refractivity contribution in [2.75, 3.05) is 5.32 Å². The number of rotatable bonds is 3. The quantitative estimate of drug-likeness (QED) is 0.787. The second-order valence-electron chi connectivity index (χ2n) is 4.33. The maximum atomic E-state index is 13.5. The van der Waals surface area contributed by atoms with Crippen molar-refractivity contribution < 1.29 is 9.18 Å². The number of carbonyl (C=O) groups excluding carboxylic acids is 1. The van der Waals surface area contributed by atoms with Crippen LogP contribution >= 0.6 is 11.3 Å². The zero-order valence-corrected chi connectivity index (χ0v) is 11.7. The van der Waals surface area contributed by atoms with E-state index in [0.29, 0.717) is 5.13 Å². The van der Waals surface area contributed by atoms with Crippen LogP contribution in [-0.2, 0) is 0 Å². The van der Waals surface area contributed by atoms with Gasteiger partial charge in [-0.3, -0.25) is 10.1 Å². The van der Waals surface area contributed by atoms with Crippen molar-refractivity contribution in [2.45, 2.75) is 0 Å². The minimum atomic E-state index is -0.546. The van der Waals surface area contributed by atoms with Crippen molar-refractivity contribution in [2.24, 2.45) is 0 Å². The van der Waals surface area contributed by atoms with Crippen LogP contribution < -0.4 is 5.32 Å². The Bertz CT molecular complexity index is 771. The van der Waals surface area contributed by atoms with E-state index in [1.54, 1.807) is 18.3 Å². The predicted molar refractivity (Wildman–Crippen MR) is 81.9 cm³/mol. The second-order valence-corrected chi connectivity index (χ2v) is 5.36. The van der Waals surface area contributed by atoms with Crippen molar-refractivity contribution in [3.05, 3.63) is 72.2 Å². The number of hydrogen-bond acceptors (Lipinski definition) is 3. The summed E-state index contributed by atoms with van der Waals surface area (Å²) in [6.45, 7) is 0. The van der Waals surface area contributed by atoms with E-state index in [4.69, 9.17) is 0 Å². The minimum Gasteiger partial charge on any atom is -0.298 e. The van der Waals surface area contributed by atoms with Crippen molar-refractivity contribution in [1.82, 2.24) is 4.98 Å². The summed E-state index contributed by atoms with van der Waals surface area (Å²) in [5.41, 5.74) is 1.04. The number of hydrogen-bond donors (Lipinski definition) is 1. The molecular weight excluding hydrogens is 287 g/mol. The molecule has 1 amide bonds. The topological polar surface area (TPSA) is 42.0 Å². The number of nitrogens with one attached hydrogen (secondary N) is 1. The Morgan fingerprint density at radius 1 is 1.05 bits per heavy atom. The lowest BCUT2D eigenvalue weighted by Crippen LogP contribution is -2.13. The van der Waals surface area contributed by atoms with Crippen molar-refractivity contribution in [1.29, 1.82) is 0 Å². The van der Waals surface area contributed by atoms with E-state index < -0.39 is 11.7 Å². The van der Waals surface area contributed by atoms with E-state index in [9.17, 15) is 9.18 Å². The van der Waals surface area contributed by atoms with Crippen LogP contribution in [0, 0.1) is 5.82 Å². The number of halogens is 1. The van der Waals surface area contributed by atoms with Gasteiger partial charge in [-0.1, -0.05) is 53.8 Å². The summed E-state index contributed by atoms with van der Waals surface area (Å²) in [5.74, 6) is -1.04. The first-order valence-corrected chi connectivity index (χ1v) is 7.13. The average molecular weight is 298 g/mol. The van der Waals surface area contributed by atoms with Crippen LogP contribution in [0.5, 0.6) is 0 Å². The van der Waals surface area contributed by atoms with Gasteiger partial charge in [0.25, 0.3) is 5.91 Å². The number of carbonyl (C=O) groups is 1. The Labute approximate surface area is 125 Å². The summed E-state index contributed by atoms with van der Waals surface area (Å²) in [7, 11) is 0. The molecule has 5 heteroatoms. The minimum absolute atomic E-state index is 0.00830. The van der Waals surface area contributed by atoms with Crippen LogP contribution in [0.2, 0.25) is 0 Å². The number of amides is 1. The summed E-state index contributed by atoms with van der Waals surface area (Å²) in [6.07, 6.45) is 1.69. The van der Waals surface area contributed by atoms with Crippen LogP contribution in [0.3, 0.4) is 0 Å². The van der Waals surface area contributed by atoms with Gasteiger partial charge in [0, 0.05) is 6.20 Å². The third kappa shape index (κ3) is 2.98. The molecule has 0 atom stereocenters. The van der Waals surface area contributed by atoms with Gasteiger partial charge in [-0.05, 0) is 17.7 Å². The molecule has 3 rings (SSSR count). The van der Waals surface area contributed by atoms with Gasteiger partial charge in [-0.15, -0.1) is 0 Å². The van der Waals surface area contributed by atoms with Crippen LogP contribution in [-0.4, -0.2) is 10.9 Å². The fraction of sp³-hybridized carbons (Fsp3) is 0. The Hall–Kier alpha value is -2.53. The summed E-state index contributed by atoms with van der Waals surface area (Å²) < 4.78 is 13.5. The Morgan fingerprint density at radius 3 is 2.52 bits per heavy atom. The molecule has 3 nitrogen and oxygen atoms in total. The molecule has 0 saturated carbocycles. The van der Waals surface area contributed by atoms with Crippen LogP contribution in [0.1, 0.15) is 10.4 Å². The molecule has 0 bridgehead atoms. The number of aromatic nitrogens is 1. The molecule has 0 saturated heterocycles. The highest BCUT2D eigenvalue weighted by atomic mass is 32.1. The summed E-state index contributed by atoms with van der Waals surface area (Å²) >= 11 is 1.35. The molecule has 1 heterocycles. The van der Waals surface area contributed by atoms with Crippen LogP contribution in [0.15, 0.2) is 60.8 Å². The lowest BCUT2D eigenvalue weighted by molar-refractivity contribution is 0.102. The van der Waals surface area contributed by atoms with Gasteiger partial charge in [-0.2, -0.15) is 0 Å². The van der Waals surface area contributed by atoms with Gasteiger partial charge in [-0.25, -0.2) is 9.37 Å². The van der Waals surface area contributed by atoms with Crippen LogP contribution in [0.25, 0.3) is 10.4 Å². The molecule has 104 valence electrons. The molecular formula is C16H11FN2OS. The van der Waals surface area contributed by atoms with Crippen molar-refractivity contribution in [3.63, 3.8) is 0 Å². The monoisotopic (exact) mass is 298 g/mol. The molecule has 3 aromatic rings. The average Bonchev–Trinajstić information content (AvgIpc) is 2.97. The third-order valence-corrected chi connectivity index (χ3v) is 3.86. The molecule has 0 unspecified atom stereocenters. The van der Waals surface area contributed by atoms with Gasteiger partial charge in [0.15, 0.2) is 5.13 Å². The van der Waals surface area contributed by atoms with E-state index in [2.05, 4.69) is 10.3 Å². The van der Waals surface area contributed by atoms with Crippen LogP contribution in [0.4, 0.5) is 9.52 Å². The molecule has 21 heavy (non-hydrogen) atoms. The van der Waals surface area contributed by atoms with Gasteiger partial charge < -0.3 is 0 Å². The lowest BCUT2D eigenvalue weighted by Gasteiger charge is -2.02. The largest absolute Gasteiger partial charge is 0.298 e. The van der Waals surface area contributed by atoms with Gasteiger partial charge in [0.2, 0.25) is 0 Å². The Morgan fingerprint density at radius 2 is 1.76 bits per heavy atom. The summed E-state index contributed by atoms with van der Waals surface area (Å²) in [6, 6.07) is 15.6. The number of anilines is 1. The standard InChI is InChI=1S/C16H11FN2OS/c17-13-9-5-4-8-12(13)15(20)19-16-18-10-14(21-16)11-6-2-1-3-7-11/h1-10H,(H,18,19,20). The lowest BCUT2D eigenvalue weighted by atomic mass is 10.2. The molecule has 0 aliphatic rings. The Kier molecular flexibility index (Phi) is 3.75. The van der Waals surface area contributed by atoms with E-state index in [0.717, 1.165) is 10.4 Å². The first-order valence-electron chi connectivity index (χ1n) is 6.31. The second kappa shape index (κ2) is 5.85. The van der Waals surface area contributed by atoms with Crippen molar-refractivity contribution in [3.8, 4) is 10.4 Å². The zero-order valence-electron chi connectivity index (χ0n) is 10.9. The molecule has 0 aliphatic carbocycles. The smallest absolute Gasteiger partial charge is 0.260 e. The third-order valence-electron chi connectivity index (χ3n) is 2.90. The highest BCUT2D eigenvalue weighted by Gasteiger charge is 2.13. The van der Waals surface area contributed by atoms with Gasteiger partial charge in [0.05, 0.1) is 10.4 Å². The van der Waals surface area contributed by atoms with Crippen molar-refractivity contribution >= 4 is 22.4 Å². The summed E-state index contributed by atoms with van der Waals surface area (Å²) in [5, 5.41) is 3.06. The maximum absolute atomic E-state index is 13.5. The first kappa shape index (κ1) is 13.5. The highest BCUT2D eigenvalue weighted by Crippen LogP contribution is 2.28. The van der Waals surface area contributed by atoms with E-state index in [1.165, 1.54) is 23.5 Å². The molecule has 0 fully saturated rings. The van der Waals surface area contributed by atoms with E-state index in [-0.39, 0.29) is 5.56 Å². The predicted octanol–water partition coefficient (Wildman–Crippen LogP) is 4.20. The molecule has 2 aromatic carbocycles. The van der Waals surface area contributed by atoms with E-state index in [1.807, 2.05) is 30.3 Å². The maximum Gasteiger partial charge on any atom is 0.260 e.